The summed E-state index contributed by atoms with van der Waals surface area (Å²) >= 11 is 2.13. The molecule has 0 aromatic heterocycles. The molecule has 1 aliphatic carbocycles. The minimum atomic E-state index is -0.739. The summed E-state index contributed by atoms with van der Waals surface area (Å²) in [6.07, 6.45) is 3.28. The van der Waals surface area contributed by atoms with Crippen LogP contribution < -0.4 is 11.1 Å². The number of hydrogen-bond acceptors (Lipinski definition) is 3. The molecule has 0 radical (unpaired) electrons. The third kappa shape index (κ3) is 3.48. The van der Waals surface area contributed by atoms with Crippen molar-refractivity contribution in [1.82, 2.24) is 5.32 Å². The number of carbonyl (C=O) groups excluding carboxylic acids is 1. The number of rotatable bonds is 3. The summed E-state index contributed by atoms with van der Waals surface area (Å²) < 4.78 is 0.881. The topological polar surface area (TPSA) is 87.7 Å². The number of amides is 1. The van der Waals surface area contributed by atoms with Crippen LogP contribution in [-0.4, -0.2) is 22.5 Å². The molecule has 5 nitrogen and oxygen atoms in total. The fraction of sp³-hybridized carbons (Fsp3) is 0.467. The lowest BCUT2D eigenvalue weighted by Crippen LogP contribution is -2.59. The van der Waals surface area contributed by atoms with Crippen LogP contribution in [-0.2, 0) is 0 Å². The van der Waals surface area contributed by atoms with Crippen LogP contribution in [0.2, 0.25) is 0 Å². The molecule has 1 amide bonds. The molecule has 0 saturated heterocycles. The number of hydrogen-bond donors (Lipinski definition) is 3. The zero-order valence-electron chi connectivity index (χ0n) is 12.0. The Kier molecular flexibility index (Phi) is 5.08. The fourth-order valence-electron chi connectivity index (χ4n) is 2.73. The van der Waals surface area contributed by atoms with Gasteiger partial charge in [-0.15, -0.1) is 0 Å². The SMILES string of the molecule is CC1CCC(NC(=O)c2ccccc2I)(/C(N)=N/O)CC1. The van der Waals surface area contributed by atoms with Crippen molar-refractivity contribution in [3.63, 3.8) is 0 Å². The Morgan fingerprint density at radius 3 is 2.62 bits per heavy atom. The Labute approximate surface area is 138 Å². The quantitative estimate of drug-likeness (QED) is 0.239. The van der Waals surface area contributed by atoms with E-state index in [9.17, 15) is 4.79 Å². The first-order valence-corrected chi connectivity index (χ1v) is 8.11. The number of nitrogens with zero attached hydrogens (tertiary/aromatic N) is 1. The summed E-state index contributed by atoms with van der Waals surface area (Å²) in [5, 5.41) is 15.2. The maximum absolute atomic E-state index is 12.5. The molecular weight excluding hydrogens is 381 g/mol. The van der Waals surface area contributed by atoms with E-state index in [1.54, 1.807) is 6.07 Å². The Morgan fingerprint density at radius 2 is 2.05 bits per heavy atom. The molecule has 1 fully saturated rings. The molecule has 0 spiro atoms. The van der Waals surface area contributed by atoms with Crippen molar-refractivity contribution < 1.29 is 10.0 Å². The number of benzene rings is 1. The van der Waals surface area contributed by atoms with Crippen LogP contribution in [0.3, 0.4) is 0 Å². The Hall–Kier alpha value is -1.31. The molecule has 1 saturated carbocycles. The van der Waals surface area contributed by atoms with E-state index in [0.717, 1.165) is 16.4 Å². The third-order valence-corrected chi connectivity index (χ3v) is 5.14. The van der Waals surface area contributed by atoms with Gasteiger partial charge in [-0.25, -0.2) is 0 Å². The summed E-state index contributed by atoms with van der Waals surface area (Å²) in [5.41, 5.74) is 5.75. The summed E-state index contributed by atoms with van der Waals surface area (Å²) in [6.45, 7) is 2.18. The van der Waals surface area contributed by atoms with E-state index in [4.69, 9.17) is 10.9 Å². The lowest BCUT2D eigenvalue weighted by atomic mass is 9.76. The standard InChI is InChI=1S/C15H20IN3O2/c1-10-6-8-15(9-7-10,14(17)19-21)18-13(20)11-4-2-3-5-12(11)16/h2-5,10,21H,6-9H2,1H3,(H2,17,19)(H,18,20). The van der Waals surface area contributed by atoms with Crippen LogP contribution in [0.5, 0.6) is 0 Å². The summed E-state index contributed by atoms with van der Waals surface area (Å²) in [6, 6.07) is 7.38. The van der Waals surface area contributed by atoms with Crippen LogP contribution in [0.15, 0.2) is 29.4 Å². The number of nitrogens with one attached hydrogen (secondary N) is 1. The van der Waals surface area contributed by atoms with Crippen molar-refractivity contribution in [3.8, 4) is 0 Å². The van der Waals surface area contributed by atoms with Crippen molar-refractivity contribution in [1.29, 1.82) is 0 Å². The predicted molar refractivity (Wildman–Crippen MR) is 90.4 cm³/mol. The molecule has 0 unspecified atom stereocenters. The average molecular weight is 401 g/mol. The second kappa shape index (κ2) is 6.64. The smallest absolute Gasteiger partial charge is 0.253 e. The molecule has 0 bridgehead atoms. The van der Waals surface area contributed by atoms with Gasteiger partial charge in [0.25, 0.3) is 5.91 Å². The van der Waals surface area contributed by atoms with E-state index < -0.39 is 5.54 Å². The minimum absolute atomic E-state index is 0.0914. The molecule has 21 heavy (non-hydrogen) atoms. The zero-order valence-corrected chi connectivity index (χ0v) is 14.1. The number of amidine groups is 1. The predicted octanol–water partition coefficient (Wildman–Crippen LogP) is 2.72. The molecule has 114 valence electrons. The van der Waals surface area contributed by atoms with Crippen LogP contribution in [0, 0.1) is 9.49 Å². The van der Waals surface area contributed by atoms with E-state index in [1.165, 1.54) is 0 Å². The first-order valence-electron chi connectivity index (χ1n) is 7.03. The Balaban J connectivity index is 2.24. The number of oxime groups is 1. The second-order valence-electron chi connectivity index (χ2n) is 5.68. The van der Waals surface area contributed by atoms with Crippen LogP contribution in [0.1, 0.15) is 43.0 Å². The lowest BCUT2D eigenvalue weighted by Gasteiger charge is -2.39. The van der Waals surface area contributed by atoms with Crippen molar-refractivity contribution in [2.75, 3.05) is 0 Å². The number of nitrogens with two attached hydrogens (primary N) is 1. The average Bonchev–Trinajstić information content (AvgIpc) is 2.49. The molecule has 0 atom stereocenters. The summed E-state index contributed by atoms with van der Waals surface area (Å²) in [7, 11) is 0. The van der Waals surface area contributed by atoms with Gasteiger partial charge >= 0.3 is 0 Å². The van der Waals surface area contributed by atoms with Gasteiger partial charge in [0.2, 0.25) is 0 Å². The summed E-state index contributed by atoms with van der Waals surface area (Å²) in [5.74, 6) is 0.508. The normalized spacial score (nSPS) is 26.4. The van der Waals surface area contributed by atoms with Gasteiger partial charge in [-0.05, 0) is 66.3 Å². The van der Waals surface area contributed by atoms with Crippen molar-refractivity contribution >= 4 is 34.3 Å². The molecule has 0 heterocycles. The van der Waals surface area contributed by atoms with E-state index in [-0.39, 0.29) is 11.7 Å². The van der Waals surface area contributed by atoms with Crippen LogP contribution in [0.25, 0.3) is 0 Å². The van der Waals surface area contributed by atoms with Crippen molar-refractivity contribution in [2.45, 2.75) is 38.1 Å². The van der Waals surface area contributed by atoms with E-state index >= 15 is 0 Å². The lowest BCUT2D eigenvalue weighted by molar-refractivity contribution is 0.0896. The zero-order chi connectivity index (χ0) is 15.5. The highest BCUT2D eigenvalue weighted by atomic mass is 127. The highest BCUT2D eigenvalue weighted by Gasteiger charge is 2.40. The molecule has 6 heteroatoms. The van der Waals surface area contributed by atoms with Gasteiger partial charge in [0.05, 0.1) is 5.56 Å². The van der Waals surface area contributed by atoms with E-state index in [1.807, 2.05) is 18.2 Å². The van der Waals surface area contributed by atoms with Crippen molar-refractivity contribution in [2.24, 2.45) is 16.8 Å². The molecular formula is C15H20IN3O2. The van der Waals surface area contributed by atoms with Gasteiger partial charge in [0.1, 0.15) is 5.54 Å². The van der Waals surface area contributed by atoms with Crippen LogP contribution >= 0.6 is 22.6 Å². The maximum atomic E-state index is 12.5. The molecule has 4 N–H and O–H groups in total. The molecule has 2 rings (SSSR count). The molecule has 1 aromatic carbocycles. The van der Waals surface area contributed by atoms with Gasteiger partial charge < -0.3 is 16.3 Å². The number of halogens is 1. The van der Waals surface area contributed by atoms with Gasteiger partial charge in [-0.2, -0.15) is 0 Å². The Morgan fingerprint density at radius 1 is 1.43 bits per heavy atom. The van der Waals surface area contributed by atoms with Gasteiger partial charge in [0, 0.05) is 3.57 Å². The monoisotopic (exact) mass is 401 g/mol. The number of carbonyl (C=O) groups is 1. The largest absolute Gasteiger partial charge is 0.409 e. The second-order valence-corrected chi connectivity index (χ2v) is 6.85. The van der Waals surface area contributed by atoms with E-state index in [0.29, 0.717) is 24.3 Å². The summed E-state index contributed by atoms with van der Waals surface area (Å²) in [4.78, 5) is 12.5. The first kappa shape index (κ1) is 16.1. The van der Waals surface area contributed by atoms with Gasteiger partial charge in [-0.1, -0.05) is 24.2 Å². The van der Waals surface area contributed by atoms with Gasteiger partial charge in [-0.3, -0.25) is 4.79 Å². The van der Waals surface area contributed by atoms with Crippen molar-refractivity contribution in [3.05, 3.63) is 33.4 Å². The minimum Gasteiger partial charge on any atom is -0.409 e. The van der Waals surface area contributed by atoms with E-state index in [2.05, 4.69) is 40.0 Å². The first-order chi connectivity index (χ1) is 9.98. The van der Waals surface area contributed by atoms with Crippen LogP contribution in [0.4, 0.5) is 0 Å². The molecule has 1 aromatic rings. The highest BCUT2D eigenvalue weighted by Crippen LogP contribution is 2.32. The highest BCUT2D eigenvalue weighted by molar-refractivity contribution is 14.1. The molecule has 1 aliphatic rings. The maximum Gasteiger partial charge on any atom is 0.253 e. The fourth-order valence-corrected chi connectivity index (χ4v) is 3.36. The third-order valence-electron chi connectivity index (χ3n) is 4.20. The Bertz CT molecular complexity index is 552. The van der Waals surface area contributed by atoms with Gasteiger partial charge in [0.15, 0.2) is 5.84 Å². The molecule has 0 aliphatic heterocycles.